The molecule has 21 heavy (non-hydrogen) atoms. The van der Waals surface area contributed by atoms with Crippen LogP contribution < -0.4 is 16.0 Å². The zero-order chi connectivity index (χ0) is 15.7. The molecule has 0 aliphatic carbocycles. The van der Waals surface area contributed by atoms with Crippen molar-refractivity contribution in [3.8, 4) is 0 Å². The molecule has 0 fully saturated rings. The summed E-state index contributed by atoms with van der Waals surface area (Å²) in [5.74, 6) is -0.925. The van der Waals surface area contributed by atoms with Gasteiger partial charge in [0.05, 0.1) is 6.54 Å². The average Bonchev–Trinajstić information content (AvgIpc) is 2.49. The number of halogens is 1. The Hall–Kier alpha value is -2.08. The molecule has 7 heteroatoms. The lowest BCUT2D eigenvalue weighted by molar-refractivity contribution is -0.122. The van der Waals surface area contributed by atoms with Crippen molar-refractivity contribution >= 4 is 29.3 Å². The number of carbonyl (C=O) groups excluding carboxylic acids is 3. The Labute approximate surface area is 128 Å². The first-order valence-corrected chi connectivity index (χ1v) is 6.96. The van der Waals surface area contributed by atoms with Crippen LogP contribution in [0, 0.1) is 0 Å². The van der Waals surface area contributed by atoms with Gasteiger partial charge in [-0.1, -0.05) is 18.2 Å². The van der Waals surface area contributed by atoms with Gasteiger partial charge in [-0.05, 0) is 19.1 Å². The lowest BCUT2D eigenvalue weighted by Gasteiger charge is -2.08. The zero-order valence-corrected chi connectivity index (χ0v) is 12.4. The molecule has 1 atom stereocenters. The van der Waals surface area contributed by atoms with Crippen molar-refractivity contribution in [1.29, 1.82) is 0 Å². The fourth-order valence-electron chi connectivity index (χ4n) is 1.44. The van der Waals surface area contributed by atoms with Crippen LogP contribution in [0.4, 0.5) is 0 Å². The first-order valence-electron chi connectivity index (χ1n) is 6.52. The van der Waals surface area contributed by atoms with Crippen LogP contribution in [-0.2, 0) is 9.59 Å². The van der Waals surface area contributed by atoms with Gasteiger partial charge in [0.15, 0.2) is 0 Å². The van der Waals surface area contributed by atoms with E-state index in [1.165, 1.54) is 0 Å². The minimum absolute atomic E-state index is 0.117. The normalized spacial score (nSPS) is 11.3. The van der Waals surface area contributed by atoms with E-state index < -0.39 is 5.38 Å². The van der Waals surface area contributed by atoms with E-state index in [-0.39, 0.29) is 37.4 Å². The molecule has 6 nitrogen and oxygen atoms in total. The summed E-state index contributed by atoms with van der Waals surface area (Å²) in [5.41, 5.74) is 0.494. The number of hydrogen-bond donors (Lipinski definition) is 3. The lowest BCUT2D eigenvalue weighted by Crippen LogP contribution is -2.41. The molecule has 1 unspecified atom stereocenters. The van der Waals surface area contributed by atoms with Crippen molar-refractivity contribution in [3.05, 3.63) is 35.9 Å². The van der Waals surface area contributed by atoms with E-state index in [0.717, 1.165) is 0 Å². The molecule has 114 valence electrons. The molecule has 3 amide bonds. The molecule has 0 radical (unpaired) electrons. The van der Waals surface area contributed by atoms with Crippen molar-refractivity contribution in [2.45, 2.75) is 12.3 Å². The second-order valence-corrected chi connectivity index (χ2v) is 4.96. The predicted molar refractivity (Wildman–Crippen MR) is 80.1 cm³/mol. The number of hydrogen-bond acceptors (Lipinski definition) is 3. The molecule has 3 N–H and O–H groups in total. The summed E-state index contributed by atoms with van der Waals surface area (Å²) in [5, 5.41) is 7.03. The third-order valence-electron chi connectivity index (χ3n) is 2.55. The van der Waals surface area contributed by atoms with Crippen LogP contribution in [0.3, 0.4) is 0 Å². The molecule has 0 spiro atoms. The number of nitrogens with one attached hydrogen (secondary N) is 3. The van der Waals surface area contributed by atoms with Gasteiger partial charge in [-0.25, -0.2) is 0 Å². The SMILES string of the molecule is CC(Cl)C(=O)NCCNC(=O)CNC(=O)c1ccccc1. The summed E-state index contributed by atoms with van der Waals surface area (Å²) in [6.07, 6.45) is 0. The fourth-order valence-corrected chi connectivity index (χ4v) is 1.52. The summed E-state index contributed by atoms with van der Waals surface area (Å²) < 4.78 is 0. The zero-order valence-electron chi connectivity index (χ0n) is 11.7. The molecule has 1 aromatic carbocycles. The van der Waals surface area contributed by atoms with Gasteiger partial charge in [-0.15, -0.1) is 11.6 Å². The van der Waals surface area contributed by atoms with Gasteiger partial charge < -0.3 is 16.0 Å². The molecule has 0 saturated heterocycles. The Morgan fingerprint density at radius 1 is 1.05 bits per heavy atom. The molecule has 0 aliphatic heterocycles. The van der Waals surface area contributed by atoms with Crippen LogP contribution >= 0.6 is 11.6 Å². The van der Waals surface area contributed by atoms with Gasteiger partial charge in [-0.3, -0.25) is 14.4 Å². The number of benzene rings is 1. The lowest BCUT2D eigenvalue weighted by atomic mass is 10.2. The number of alkyl halides is 1. The Morgan fingerprint density at radius 3 is 2.29 bits per heavy atom. The third kappa shape index (κ3) is 6.76. The Balaban J connectivity index is 2.17. The van der Waals surface area contributed by atoms with Crippen LogP contribution in [0.2, 0.25) is 0 Å². The van der Waals surface area contributed by atoms with Crippen LogP contribution in [-0.4, -0.2) is 42.7 Å². The summed E-state index contributed by atoms with van der Waals surface area (Å²) in [6, 6.07) is 8.62. The van der Waals surface area contributed by atoms with Gasteiger partial charge in [0.2, 0.25) is 11.8 Å². The smallest absolute Gasteiger partial charge is 0.251 e. The highest BCUT2D eigenvalue weighted by atomic mass is 35.5. The second-order valence-electron chi connectivity index (χ2n) is 4.31. The molecule has 1 rings (SSSR count). The fraction of sp³-hybridized carbons (Fsp3) is 0.357. The van der Waals surface area contributed by atoms with Crippen LogP contribution in [0.25, 0.3) is 0 Å². The minimum atomic E-state index is -0.606. The highest BCUT2D eigenvalue weighted by Crippen LogP contribution is 1.97. The van der Waals surface area contributed by atoms with E-state index in [1.54, 1.807) is 37.3 Å². The van der Waals surface area contributed by atoms with E-state index >= 15 is 0 Å². The molecular weight excluding hydrogens is 294 g/mol. The topological polar surface area (TPSA) is 87.3 Å². The van der Waals surface area contributed by atoms with Crippen molar-refractivity contribution in [2.24, 2.45) is 0 Å². The van der Waals surface area contributed by atoms with Crippen molar-refractivity contribution in [1.82, 2.24) is 16.0 Å². The largest absolute Gasteiger partial charge is 0.353 e. The van der Waals surface area contributed by atoms with E-state index in [9.17, 15) is 14.4 Å². The van der Waals surface area contributed by atoms with Crippen molar-refractivity contribution in [2.75, 3.05) is 19.6 Å². The summed E-state index contributed by atoms with van der Waals surface area (Å²) >= 11 is 5.57. The molecule has 1 aromatic rings. The second kappa shape index (κ2) is 8.97. The van der Waals surface area contributed by atoms with E-state index in [1.807, 2.05) is 0 Å². The minimum Gasteiger partial charge on any atom is -0.353 e. The quantitative estimate of drug-likeness (QED) is 0.499. The highest BCUT2D eigenvalue weighted by Gasteiger charge is 2.09. The van der Waals surface area contributed by atoms with E-state index in [0.29, 0.717) is 5.56 Å². The monoisotopic (exact) mass is 311 g/mol. The number of carbonyl (C=O) groups is 3. The van der Waals surface area contributed by atoms with Gasteiger partial charge in [0.1, 0.15) is 5.38 Å². The van der Waals surface area contributed by atoms with Crippen molar-refractivity contribution < 1.29 is 14.4 Å². The standard InChI is InChI=1S/C14H18ClN3O3/c1-10(15)13(20)17-8-7-16-12(19)9-18-14(21)11-5-3-2-4-6-11/h2-6,10H,7-9H2,1H3,(H,16,19)(H,17,20)(H,18,21). The first-order chi connectivity index (χ1) is 10.0. The molecule has 0 aromatic heterocycles. The van der Waals surface area contributed by atoms with Crippen LogP contribution in [0.1, 0.15) is 17.3 Å². The third-order valence-corrected chi connectivity index (χ3v) is 2.75. The first kappa shape index (κ1) is 17.0. The molecule has 0 bridgehead atoms. The Kier molecular flexibility index (Phi) is 7.25. The van der Waals surface area contributed by atoms with Crippen LogP contribution in [0.15, 0.2) is 30.3 Å². The summed E-state index contributed by atoms with van der Waals surface area (Å²) in [7, 11) is 0. The Bertz CT molecular complexity index is 491. The Morgan fingerprint density at radius 2 is 1.67 bits per heavy atom. The molecule has 0 heterocycles. The highest BCUT2D eigenvalue weighted by molar-refractivity contribution is 6.30. The maximum Gasteiger partial charge on any atom is 0.251 e. The van der Waals surface area contributed by atoms with Gasteiger partial charge in [0, 0.05) is 18.7 Å². The average molecular weight is 312 g/mol. The molecule has 0 aliphatic rings. The van der Waals surface area contributed by atoms with E-state index in [4.69, 9.17) is 11.6 Å². The maximum atomic E-state index is 11.7. The summed E-state index contributed by atoms with van der Waals surface area (Å²) in [6.45, 7) is 2.01. The molecular formula is C14H18ClN3O3. The molecule has 0 saturated carbocycles. The maximum absolute atomic E-state index is 11.7. The predicted octanol–water partition coefficient (Wildman–Crippen LogP) is 0.276. The van der Waals surface area contributed by atoms with Crippen LogP contribution in [0.5, 0.6) is 0 Å². The number of rotatable bonds is 7. The summed E-state index contributed by atoms with van der Waals surface area (Å²) in [4.78, 5) is 34.3. The van der Waals surface area contributed by atoms with E-state index in [2.05, 4.69) is 16.0 Å². The number of amides is 3. The van der Waals surface area contributed by atoms with Crippen molar-refractivity contribution in [3.63, 3.8) is 0 Å². The van der Waals surface area contributed by atoms with Gasteiger partial charge in [-0.2, -0.15) is 0 Å². The van der Waals surface area contributed by atoms with Gasteiger partial charge >= 0.3 is 0 Å². The van der Waals surface area contributed by atoms with Gasteiger partial charge in [0.25, 0.3) is 5.91 Å².